The lowest BCUT2D eigenvalue weighted by atomic mass is 9.71. The predicted octanol–water partition coefficient (Wildman–Crippen LogP) is 2.43. The van der Waals surface area contributed by atoms with Crippen LogP contribution in [0.2, 0.25) is 0 Å². The predicted molar refractivity (Wildman–Crippen MR) is 85.4 cm³/mol. The molecule has 0 aromatic carbocycles. The van der Waals surface area contributed by atoms with Crippen LogP contribution in [0.1, 0.15) is 41.5 Å². The van der Waals surface area contributed by atoms with Crippen LogP contribution < -0.4 is 0 Å². The zero-order valence-corrected chi connectivity index (χ0v) is 14.8. The van der Waals surface area contributed by atoms with Crippen molar-refractivity contribution in [2.24, 2.45) is 10.8 Å². The summed E-state index contributed by atoms with van der Waals surface area (Å²) in [7, 11) is 0. The van der Waals surface area contributed by atoms with Crippen LogP contribution in [0, 0.1) is 10.8 Å². The second-order valence-electron chi connectivity index (χ2n) is 8.42. The maximum absolute atomic E-state index is 12.9. The molecular formula is C18H25NO4. The molecule has 0 aromatic heterocycles. The number of ketones is 2. The summed E-state index contributed by atoms with van der Waals surface area (Å²) in [4.78, 5) is 27.8. The van der Waals surface area contributed by atoms with Crippen LogP contribution in [0.25, 0.3) is 0 Å². The standard InChI is InChI=1S/C18H25NO4/c1-17(2,3)11-13-16(23-9-10-19(13)7-8-22-10)12(18(4,5)6)15(21)14(11)20/h10H,7-9H2,1-6H3. The number of fused-ring (bicyclic) bond motifs is 3. The Morgan fingerprint density at radius 3 is 2.09 bits per heavy atom. The molecular weight excluding hydrogens is 294 g/mol. The van der Waals surface area contributed by atoms with E-state index >= 15 is 0 Å². The van der Waals surface area contributed by atoms with E-state index in [1.165, 1.54) is 0 Å². The number of morpholine rings is 1. The summed E-state index contributed by atoms with van der Waals surface area (Å²) >= 11 is 0. The van der Waals surface area contributed by atoms with Crippen LogP contribution in [0.5, 0.6) is 0 Å². The van der Waals surface area contributed by atoms with E-state index in [1.807, 2.05) is 41.5 Å². The fourth-order valence-corrected chi connectivity index (χ4v) is 3.53. The lowest BCUT2D eigenvalue weighted by Gasteiger charge is -2.42. The molecule has 2 aliphatic heterocycles. The molecule has 2 fully saturated rings. The second kappa shape index (κ2) is 4.94. The number of allylic oxidation sites excluding steroid dienone is 2. The molecule has 5 nitrogen and oxygen atoms in total. The topological polar surface area (TPSA) is 55.8 Å². The number of rotatable bonds is 0. The first kappa shape index (κ1) is 16.2. The van der Waals surface area contributed by atoms with Crippen molar-refractivity contribution < 1.29 is 19.1 Å². The van der Waals surface area contributed by atoms with Crippen molar-refractivity contribution in [2.45, 2.75) is 47.8 Å². The Morgan fingerprint density at radius 1 is 0.957 bits per heavy atom. The number of hydrogen-bond acceptors (Lipinski definition) is 5. The van der Waals surface area contributed by atoms with Crippen molar-refractivity contribution in [1.82, 2.24) is 4.90 Å². The van der Waals surface area contributed by atoms with Crippen LogP contribution in [0.15, 0.2) is 22.6 Å². The van der Waals surface area contributed by atoms with E-state index in [-0.39, 0.29) is 6.23 Å². The second-order valence-corrected chi connectivity index (χ2v) is 8.42. The van der Waals surface area contributed by atoms with Crippen molar-refractivity contribution in [3.05, 3.63) is 22.6 Å². The summed E-state index contributed by atoms with van der Waals surface area (Å²) in [5, 5.41) is 0. The molecule has 1 aliphatic carbocycles. The number of nitrogens with zero attached hydrogens (tertiary/aromatic N) is 1. The van der Waals surface area contributed by atoms with Crippen LogP contribution in [0.3, 0.4) is 0 Å². The summed E-state index contributed by atoms with van der Waals surface area (Å²) in [6.45, 7) is 13.4. The third-order valence-corrected chi connectivity index (χ3v) is 4.49. The molecule has 0 spiro atoms. The minimum absolute atomic E-state index is 0.173. The molecule has 2 heterocycles. The molecule has 0 radical (unpaired) electrons. The molecule has 126 valence electrons. The molecule has 0 amide bonds. The first-order chi connectivity index (χ1) is 10.5. The highest BCUT2D eigenvalue weighted by atomic mass is 16.6. The monoisotopic (exact) mass is 319 g/mol. The van der Waals surface area contributed by atoms with Crippen molar-refractivity contribution in [2.75, 3.05) is 19.8 Å². The largest absolute Gasteiger partial charge is 0.486 e. The molecule has 23 heavy (non-hydrogen) atoms. The van der Waals surface area contributed by atoms with Gasteiger partial charge in [0.15, 0.2) is 12.0 Å². The van der Waals surface area contributed by atoms with Gasteiger partial charge in [0.05, 0.1) is 17.9 Å². The Morgan fingerprint density at radius 2 is 1.52 bits per heavy atom. The van der Waals surface area contributed by atoms with Crippen LogP contribution >= 0.6 is 0 Å². The molecule has 2 saturated heterocycles. The normalized spacial score (nSPS) is 25.7. The molecule has 0 bridgehead atoms. The summed E-state index contributed by atoms with van der Waals surface area (Å²) < 4.78 is 11.7. The minimum atomic E-state index is -0.454. The highest BCUT2D eigenvalue weighted by molar-refractivity contribution is 6.50. The van der Waals surface area contributed by atoms with Crippen LogP contribution in [-0.2, 0) is 19.1 Å². The third kappa shape index (κ3) is 2.42. The molecule has 0 N–H and O–H groups in total. The lowest BCUT2D eigenvalue weighted by molar-refractivity contribution is -0.134. The van der Waals surface area contributed by atoms with Gasteiger partial charge in [0, 0.05) is 12.1 Å². The minimum Gasteiger partial charge on any atom is -0.486 e. The SMILES string of the molecule is CC(C)(C)C1=C2OCC3OCCN3C2=C(C(C)(C)C)C(=O)C1=O. The van der Waals surface area contributed by atoms with Gasteiger partial charge in [0.2, 0.25) is 11.6 Å². The van der Waals surface area contributed by atoms with Crippen LogP contribution in [-0.4, -0.2) is 42.5 Å². The Labute approximate surface area is 137 Å². The molecule has 0 saturated carbocycles. The average molecular weight is 319 g/mol. The quantitative estimate of drug-likeness (QED) is 0.507. The molecule has 3 rings (SSSR count). The van der Waals surface area contributed by atoms with Crippen LogP contribution in [0.4, 0.5) is 0 Å². The summed E-state index contributed by atoms with van der Waals surface area (Å²) in [6.07, 6.45) is -0.173. The maximum Gasteiger partial charge on any atom is 0.233 e. The first-order valence-corrected chi connectivity index (χ1v) is 8.13. The molecule has 3 aliphatic rings. The highest BCUT2D eigenvalue weighted by Gasteiger charge is 2.49. The molecule has 1 unspecified atom stereocenters. The number of hydrogen-bond donors (Lipinski definition) is 0. The third-order valence-electron chi connectivity index (χ3n) is 4.49. The van der Waals surface area contributed by atoms with Gasteiger partial charge < -0.3 is 14.4 Å². The van der Waals surface area contributed by atoms with E-state index < -0.39 is 22.4 Å². The van der Waals surface area contributed by atoms with Gasteiger partial charge >= 0.3 is 0 Å². The fourth-order valence-electron chi connectivity index (χ4n) is 3.53. The van der Waals surface area contributed by atoms with E-state index in [2.05, 4.69) is 4.90 Å². The Hall–Kier alpha value is -1.62. The van der Waals surface area contributed by atoms with E-state index in [0.717, 1.165) is 5.70 Å². The van der Waals surface area contributed by atoms with E-state index in [4.69, 9.17) is 9.47 Å². The van der Waals surface area contributed by atoms with Gasteiger partial charge in [0.1, 0.15) is 6.61 Å². The van der Waals surface area contributed by atoms with Crippen molar-refractivity contribution in [3.8, 4) is 0 Å². The van der Waals surface area contributed by atoms with Crippen molar-refractivity contribution in [3.63, 3.8) is 0 Å². The zero-order chi connectivity index (χ0) is 17.2. The Kier molecular flexibility index (Phi) is 3.49. The summed E-state index contributed by atoms with van der Waals surface area (Å²) in [5.74, 6) is -0.258. The van der Waals surface area contributed by atoms with E-state index in [9.17, 15) is 9.59 Å². The van der Waals surface area contributed by atoms with Gasteiger partial charge in [-0.15, -0.1) is 0 Å². The highest BCUT2D eigenvalue weighted by Crippen LogP contribution is 2.46. The van der Waals surface area contributed by atoms with Gasteiger partial charge in [-0.2, -0.15) is 0 Å². The number of Topliss-reactive ketones (excluding diaryl/α,β-unsaturated/α-hetero) is 2. The lowest BCUT2D eigenvalue weighted by Crippen LogP contribution is -2.47. The average Bonchev–Trinajstić information content (AvgIpc) is 2.85. The van der Waals surface area contributed by atoms with Crippen molar-refractivity contribution >= 4 is 11.6 Å². The Balaban J connectivity index is 2.31. The molecule has 0 aromatic rings. The van der Waals surface area contributed by atoms with Gasteiger partial charge in [-0.1, -0.05) is 41.5 Å². The smallest absolute Gasteiger partial charge is 0.233 e. The van der Waals surface area contributed by atoms with E-state index in [0.29, 0.717) is 36.7 Å². The number of carbonyl (C=O) groups is 2. The van der Waals surface area contributed by atoms with Gasteiger partial charge in [-0.25, -0.2) is 0 Å². The van der Waals surface area contributed by atoms with Gasteiger partial charge in [0.25, 0.3) is 0 Å². The fraction of sp³-hybridized carbons (Fsp3) is 0.667. The van der Waals surface area contributed by atoms with Gasteiger partial charge in [-0.05, 0) is 10.8 Å². The van der Waals surface area contributed by atoms with Crippen molar-refractivity contribution in [1.29, 1.82) is 0 Å². The molecule has 5 heteroatoms. The summed E-state index contributed by atoms with van der Waals surface area (Å²) in [6, 6.07) is 0. The Bertz CT molecular complexity index is 643. The molecule has 1 atom stereocenters. The zero-order valence-electron chi connectivity index (χ0n) is 14.8. The first-order valence-electron chi connectivity index (χ1n) is 8.13. The van der Waals surface area contributed by atoms with Gasteiger partial charge in [-0.3, -0.25) is 9.59 Å². The summed E-state index contributed by atoms with van der Waals surface area (Å²) in [5.41, 5.74) is 0.895. The number of carbonyl (C=O) groups excluding carboxylic acids is 2. The van der Waals surface area contributed by atoms with E-state index in [1.54, 1.807) is 0 Å². The maximum atomic E-state index is 12.9. The number of ether oxygens (including phenoxy) is 2.